The lowest BCUT2D eigenvalue weighted by Gasteiger charge is -2.15. The fourth-order valence-corrected chi connectivity index (χ4v) is 2.46. The summed E-state index contributed by atoms with van der Waals surface area (Å²) in [6, 6.07) is 2.13. The van der Waals surface area contributed by atoms with Crippen molar-refractivity contribution in [1.29, 1.82) is 0 Å². The summed E-state index contributed by atoms with van der Waals surface area (Å²) in [7, 11) is 0. The highest BCUT2D eigenvalue weighted by Gasteiger charge is 2.20. The van der Waals surface area contributed by atoms with Gasteiger partial charge < -0.3 is 5.73 Å². The Balaban J connectivity index is 0.00000128. The first-order valence-electron chi connectivity index (χ1n) is 5.30. The Hall–Kier alpha value is -0.160. The van der Waals surface area contributed by atoms with E-state index in [1.807, 2.05) is 12.4 Å². The molecule has 90 valence electrons. The normalized spacial score (nSPS) is 20.8. The van der Waals surface area contributed by atoms with Crippen molar-refractivity contribution in [2.24, 2.45) is 11.7 Å². The van der Waals surface area contributed by atoms with Gasteiger partial charge in [0, 0.05) is 30.0 Å². The minimum Gasteiger partial charge on any atom is -0.330 e. The molecule has 1 aliphatic heterocycles. The maximum absolute atomic E-state index is 5.67. The first-order valence-corrected chi connectivity index (χ1v) is 6.09. The molecule has 3 nitrogen and oxygen atoms in total. The average molecular weight is 307 g/mol. The van der Waals surface area contributed by atoms with Crippen molar-refractivity contribution < 1.29 is 0 Å². The summed E-state index contributed by atoms with van der Waals surface area (Å²) in [6.07, 6.45) is 4.98. The summed E-state index contributed by atoms with van der Waals surface area (Å²) in [5.41, 5.74) is 6.93. The Labute approximate surface area is 111 Å². The highest BCUT2D eigenvalue weighted by atomic mass is 79.9. The van der Waals surface area contributed by atoms with Gasteiger partial charge >= 0.3 is 0 Å². The van der Waals surface area contributed by atoms with Gasteiger partial charge in [-0.05, 0) is 53.0 Å². The van der Waals surface area contributed by atoms with Crippen molar-refractivity contribution in [3.05, 3.63) is 28.5 Å². The maximum atomic E-state index is 5.67. The third-order valence-electron chi connectivity index (χ3n) is 2.87. The van der Waals surface area contributed by atoms with Crippen LogP contribution in [-0.4, -0.2) is 29.5 Å². The maximum Gasteiger partial charge on any atom is 0.0410 e. The minimum atomic E-state index is 0. The number of pyridine rings is 1. The molecular weight excluding hydrogens is 289 g/mol. The van der Waals surface area contributed by atoms with E-state index in [0.29, 0.717) is 5.92 Å². The van der Waals surface area contributed by atoms with Gasteiger partial charge in [0.05, 0.1) is 0 Å². The van der Waals surface area contributed by atoms with Gasteiger partial charge in [-0.3, -0.25) is 9.88 Å². The second kappa shape index (κ2) is 6.55. The van der Waals surface area contributed by atoms with Crippen molar-refractivity contribution in [3.8, 4) is 0 Å². The third kappa shape index (κ3) is 3.70. The number of likely N-dealkylation sites (tertiary alicyclic amines) is 1. The van der Waals surface area contributed by atoms with Crippen LogP contribution < -0.4 is 5.73 Å². The molecule has 0 spiro atoms. The van der Waals surface area contributed by atoms with E-state index >= 15 is 0 Å². The quantitative estimate of drug-likeness (QED) is 0.929. The van der Waals surface area contributed by atoms with E-state index in [2.05, 4.69) is 31.9 Å². The first kappa shape index (κ1) is 13.9. The van der Waals surface area contributed by atoms with E-state index in [9.17, 15) is 0 Å². The molecule has 0 aliphatic carbocycles. The van der Waals surface area contributed by atoms with E-state index in [1.54, 1.807) is 0 Å². The smallest absolute Gasteiger partial charge is 0.0410 e. The lowest BCUT2D eigenvalue weighted by molar-refractivity contribution is 0.317. The number of nitrogens with two attached hydrogens (primary N) is 1. The van der Waals surface area contributed by atoms with Gasteiger partial charge in [-0.25, -0.2) is 0 Å². The zero-order valence-corrected chi connectivity index (χ0v) is 11.5. The van der Waals surface area contributed by atoms with Crippen molar-refractivity contribution >= 4 is 28.3 Å². The summed E-state index contributed by atoms with van der Waals surface area (Å²) in [4.78, 5) is 6.61. The Morgan fingerprint density at radius 1 is 1.50 bits per heavy atom. The Morgan fingerprint density at radius 2 is 2.31 bits per heavy atom. The zero-order valence-electron chi connectivity index (χ0n) is 9.10. The third-order valence-corrected chi connectivity index (χ3v) is 3.30. The highest BCUT2D eigenvalue weighted by molar-refractivity contribution is 9.10. The van der Waals surface area contributed by atoms with Crippen LogP contribution in [0.3, 0.4) is 0 Å². The molecule has 1 atom stereocenters. The second-order valence-electron chi connectivity index (χ2n) is 4.14. The molecule has 2 heterocycles. The van der Waals surface area contributed by atoms with Gasteiger partial charge in [-0.2, -0.15) is 0 Å². The Kier molecular flexibility index (Phi) is 5.69. The van der Waals surface area contributed by atoms with E-state index in [-0.39, 0.29) is 12.4 Å². The fourth-order valence-electron chi connectivity index (χ4n) is 2.05. The van der Waals surface area contributed by atoms with Crippen LogP contribution in [-0.2, 0) is 6.54 Å². The second-order valence-corrected chi connectivity index (χ2v) is 5.05. The summed E-state index contributed by atoms with van der Waals surface area (Å²) in [5.74, 6) is 0.685. The molecule has 0 bridgehead atoms. The van der Waals surface area contributed by atoms with E-state index < -0.39 is 0 Å². The monoisotopic (exact) mass is 305 g/mol. The Morgan fingerprint density at radius 3 is 2.94 bits per heavy atom. The standard InChI is InChI=1S/C11H16BrN3.ClH/c12-11-3-10(5-14-6-11)8-15-2-1-9(4-13)7-15;/h3,5-6,9H,1-2,4,7-8,13H2;1H. The number of halogens is 2. The van der Waals surface area contributed by atoms with Gasteiger partial charge in [-0.15, -0.1) is 12.4 Å². The van der Waals surface area contributed by atoms with Crippen molar-refractivity contribution in [2.75, 3.05) is 19.6 Å². The lowest BCUT2D eigenvalue weighted by Crippen LogP contribution is -2.22. The van der Waals surface area contributed by atoms with Gasteiger partial charge in [0.25, 0.3) is 0 Å². The van der Waals surface area contributed by atoms with Gasteiger partial charge in [-0.1, -0.05) is 0 Å². The summed E-state index contributed by atoms with van der Waals surface area (Å²) in [5, 5.41) is 0. The van der Waals surface area contributed by atoms with Crippen molar-refractivity contribution in [1.82, 2.24) is 9.88 Å². The van der Waals surface area contributed by atoms with Crippen LogP contribution in [0.15, 0.2) is 22.9 Å². The number of hydrogen-bond donors (Lipinski definition) is 1. The molecule has 16 heavy (non-hydrogen) atoms. The zero-order chi connectivity index (χ0) is 10.7. The van der Waals surface area contributed by atoms with Gasteiger partial charge in [0.2, 0.25) is 0 Å². The average Bonchev–Trinajstić information content (AvgIpc) is 2.65. The molecule has 1 unspecified atom stereocenters. The molecule has 2 N–H and O–H groups in total. The molecule has 1 saturated heterocycles. The number of aromatic nitrogens is 1. The number of rotatable bonds is 3. The largest absolute Gasteiger partial charge is 0.330 e. The van der Waals surface area contributed by atoms with Gasteiger partial charge in [0.1, 0.15) is 0 Å². The highest BCUT2D eigenvalue weighted by Crippen LogP contribution is 2.18. The molecule has 1 aromatic rings. The van der Waals surface area contributed by atoms with Crippen molar-refractivity contribution in [2.45, 2.75) is 13.0 Å². The van der Waals surface area contributed by atoms with E-state index in [4.69, 9.17) is 5.73 Å². The van der Waals surface area contributed by atoms with Crippen LogP contribution in [0.4, 0.5) is 0 Å². The molecule has 5 heteroatoms. The van der Waals surface area contributed by atoms with Crippen LogP contribution in [0.5, 0.6) is 0 Å². The van der Waals surface area contributed by atoms with Crippen LogP contribution >= 0.6 is 28.3 Å². The molecule has 0 amide bonds. The molecule has 2 rings (SSSR count). The molecule has 1 aromatic heterocycles. The van der Waals surface area contributed by atoms with E-state index in [0.717, 1.165) is 30.7 Å². The SMILES string of the molecule is Cl.NCC1CCN(Cc2cncc(Br)c2)C1. The fraction of sp³-hybridized carbons (Fsp3) is 0.545. The Bertz CT molecular complexity index is 335. The summed E-state index contributed by atoms with van der Waals surface area (Å²) >= 11 is 3.44. The van der Waals surface area contributed by atoms with Crippen LogP contribution in [0.1, 0.15) is 12.0 Å². The molecule has 0 saturated carbocycles. The van der Waals surface area contributed by atoms with Crippen LogP contribution in [0.2, 0.25) is 0 Å². The number of nitrogens with zero attached hydrogens (tertiary/aromatic N) is 2. The van der Waals surface area contributed by atoms with Crippen LogP contribution in [0, 0.1) is 5.92 Å². The molecule has 0 aromatic carbocycles. The molecule has 1 aliphatic rings. The van der Waals surface area contributed by atoms with E-state index in [1.165, 1.54) is 12.0 Å². The van der Waals surface area contributed by atoms with Crippen molar-refractivity contribution in [3.63, 3.8) is 0 Å². The lowest BCUT2D eigenvalue weighted by atomic mass is 10.1. The predicted molar refractivity (Wildman–Crippen MR) is 71.6 cm³/mol. The van der Waals surface area contributed by atoms with Crippen LogP contribution in [0.25, 0.3) is 0 Å². The molecule has 1 fully saturated rings. The predicted octanol–water partition coefficient (Wildman–Crippen LogP) is 2.05. The number of hydrogen-bond acceptors (Lipinski definition) is 3. The first-order chi connectivity index (χ1) is 7.28. The summed E-state index contributed by atoms with van der Waals surface area (Å²) in [6.45, 7) is 4.09. The minimum absolute atomic E-state index is 0. The molecule has 0 radical (unpaired) electrons. The van der Waals surface area contributed by atoms with Gasteiger partial charge in [0.15, 0.2) is 0 Å². The topological polar surface area (TPSA) is 42.1 Å². The molecular formula is C11H17BrClN3. The summed E-state index contributed by atoms with van der Waals surface area (Å²) < 4.78 is 1.05.